The van der Waals surface area contributed by atoms with Crippen molar-refractivity contribution in [1.82, 2.24) is 25.2 Å². The van der Waals surface area contributed by atoms with Crippen LogP contribution in [0.5, 0.6) is 0 Å². The van der Waals surface area contributed by atoms with Crippen molar-refractivity contribution < 1.29 is 4.42 Å². The van der Waals surface area contributed by atoms with Crippen LogP contribution in [-0.4, -0.2) is 27.1 Å². The molecule has 0 spiro atoms. The van der Waals surface area contributed by atoms with Crippen molar-refractivity contribution in [2.24, 2.45) is 4.99 Å². The van der Waals surface area contributed by atoms with Gasteiger partial charge in [-0.1, -0.05) is 36.4 Å². The summed E-state index contributed by atoms with van der Waals surface area (Å²) in [7, 11) is 0. The molecular formula is C21H23IN6O. The Hall–Kier alpha value is -2.88. The molecule has 0 bridgehead atoms. The number of nitrogens with one attached hydrogen (secondary N) is 2. The zero-order valence-corrected chi connectivity index (χ0v) is 18.2. The summed E-state index contributed by atoms with van der Waals surface area (Å²) in [5, 5.41) is 15.2. The monoisotopic (exact) mass is 502 g/mol. The van der Waals surface area contributed by atoms with Gasteiger partial charge in [-0.05, 0) is 29.8 Å². The first-order chi connectivity index (χ1) is 13.9. The van der Waals surface area contributed by atoms with Crippen LogP contribution < -0.4 is 10.6 Å². The van der Waals surface area contributed by atoms with E-state index in [9.17, 15) is 0 Å². The fraction of sp³-hybridized carbons (Fsp3) is 0.190. The quantitative estimate of drug-likeness (QED) is 0.230. The van der Waals surface area contributed by atoms with E-state index in [1.165, 1.54) is 0 Å². The van der Waals surface area contributed by atoms with Crippen LogP contribution in [0, 0.1) is 0 Å². The summed E-state index contributed by atoms with van der Waals surface area (Å²) < 4.78 is 7.35. The zero-order valence-electron chi connectivity index (χ0n) is 15.9. The van der Waals surface area contributed by atoms with E-state index in [1.807, 2.05) is 59.1 Å². The van der Waals surface area contributed by atoms with Gasteiger partial charge in [-0.3, -0.25) is 4.40 Å². The second-order valence-corrected chi connectivity index (χ2v) is 6.31. The molecule has 0 radical (unpaired) electrons. The molecule has 0 saturated carbocycles. The largest absolute Gasteiger partial charge is 0.469 e. The highest BCUT2D eigenvalue weighted by Crippen LogP contribution is 2.04. The first kappa shape index (κ1) is 20.8. The maximum atomic E-state index is 5.39. The van der Waals surface area contributed by atoms with Crippen molar-refractivity contribution in [1.29, 1.82) is 0 Å². The van der Waals surface area contributed by atoms with Gasteiger partial charge in [-0.15, -0.1) is 34.2 Å². The van der Waals surface area contributed by atoms with E-state index in [0.29, 0.717) is 19.6 Å². The lowest BCUT2D eigenvalue weighted by Gasteiger charge is -2.12. The highest BCUT2D eigenvalue weighted by molar-refractivity contribution is 14.0. The Balaban J connectivity index is 0.00000240. The van der Waals surface area contributed by atoms with Crippen molar-refractivity contribution in [2.75, 3.05) is 6.54 Å². The summed E-state index contributed by atoms with van der Waals surface area (Å²) in [6.45, 7) is 1.83. The number of hydrogen-bond acceptors (Lipinski definition) is 4. The molecule has 150 valence electrons. The van der Waals surface area contributed by atoms with Crippen molar-refractivity contribution in [3.63, 3.8) is 0 Å². The van der Waals surface area contributed by atoms with E-state index < -0.39 is 0 Å². The van der Waals surface area contributed by atoms with Crippen LogP contribution in [0.15, 0.2) is 82.5 Å². The van der Waals surface area contributed by atoms with Crippen LogP contribution in [0.1, 0.15) is 17.1 Å². The minimum absolute atomic E-state index is 0. The number of aliphatic imine (C=N–C) groups is 1. The smallest absolute Gasteiger partial charge is 0.191 e. The van der Waals surface area contributed by atoms with Crippen molar-refractivity contribution in [3.8, 4) is 0 Å². The highest BCUT2D eigenvalue weighted by Gasteiger charge is 2.06. The summed E-state index contributed by atoms with van der Waals surface area (Å²) >= 11 is 0. The van der Waals surface area contributed by atoms with Gasteiger partial charge in [-0.2, -0.15) is 0 Å². The van der Waals surface area contributed by atoms with Crippen LogP contribution >= 0.6 is 24.0 Å². The Labute approximate surface area is 186 Å². The molecule has 0 aliphatic heterocycles. The molecule has 29 heavy (non-hydrogen) atoms. The average Bonchev–Trinajstić information content (AvgIpc) is 3.40. The second-order valence-electron chi connectivity index (χ2n) is 6.31. The van der Waals surface area contributed by atoms with Crippen LogP contribution in [0.4, 0.5) is 0 Å². The topological polar surface area (TPSA) is 79.8 Å². The molecule has 3 heterocycles. The number of furan rings is 1. The van der Waals surface area contributed by atoms with Crippen molar-refractivity contribution >= 4 is 35.6 Å². The molecule has 0 aliphatic carbocycles. The molecule has 0 fully saturated rings. The molecule has 0 amide bonds. The Morgan fingerprint density at radius 3 is 2.66 bits per heavy atom. The van der Waals surface area contributed by atoms with Crippen molar-refractivity contribution in [3.05, 3.63) is 90.3 Å². The van der Waals surface area contributed by atoms with Gasteiger partial charge in [-0.25, -0.2) is 4.99 Å². The third-order valence-corrected chi connectivity index (χ3v) is 4.30. The standard InChI is InChI=1S/C21H22N6O.HI/c1-2-7-17(8-3-1)15-23-21(22-12-11-18-9-6-14-28-18)24-16-20-26-25-19-10-4-5-13-27(19)20;/h1-10,13-14H,11-12,15-16H2,(H2,22,23,24);1H. The Morgan fingerprint density at radius 1 is 0.966 bits per heavy atom. The molecule has 4 rings (SSSR count). The van der Waals surface area contributed by atoms with Gasteiger partial charge in [0.15, 0.2) is 17.4 Å². The van der Waals surface area contributed by atoms with Gasteiger partial charge >= 0.3 is 0 Å². The van der Waals surface area contributed by atoms with Gasteiger partial charge in [0.2, 0.25) is 0 Å². The summed E-state index contributed by atoms with van der Waals surface area (Å²) in [6, 6.07) is 19.9. The molecule has 0 atom stereocenters. The molecule has 0 saturated heterocycles. The number of nitrogens with zero attached hydrogens (tertiary/aromatic N) is 4. The Morgan fingerprint density at radius 2 is 1.83 bits per heavy atom. The lowest BCUT2D eigenvalue weighted by Crippen LogP contribution is -2.38. The number of pyridine rings is 1. The maximum absolute atomic E-state index is 5.39. The fourth-order valence-electron chi connectivity index (χ4n) is 2.86. The first-order valence-electron chi connectivity index (χ1n) is 9.25. The number of halogens is 1. The lowest BCUT2D eigenvalue weighted by molar-refractivity contribution is 0.506. The van der Waals surface area contributed by atoms with Crippen LogP contribution in [0.3, 0.4) is 0 Å². The van der Waals surface area contributed by atoms with Gasteiger partial charge in [0, 0.05) is 19.2 Å². The van der Waals surface area contributed by atoms with E-state index in [4.69, 9.17) is 9.41 Å². The number of rotatable bonds is 7. The molecule has 7 nitrogen and oxygen atoms in total. The van der Waals surface area contributed by atoms with E-state index in [-0.39, 0.29) is 24.0 Å². The predicted octanol–water partition coefficient (Wildman–Crippen LogP) is 3.42. The SMILES string of the molecule is I.c1ccc(CN=C(NCCc2ccco2)NCc2nnc3ccccn23)cc1. The number of benzene rings is 1. The second kappa shape index (κ2) is 10.6. The predicted molar refractivity (Wildman–Crippen MR) is 123 cm³/mol. The molecule has 0 aliphatic rings. The average molecular weight is 502 g/mol. The number of aromatic nitrogens is 3. The molecule has 3 aromatic heterocycles. The van der Waals surface area contributed by atoms with Gasteiger partial charge in [0.25, 0.3) is 0 Å². The first-order valence-corrected chi connectivity index (χ1v) is 9.25. The summed E-state index contributed by atoms with van der Waals surface area (Å²) in [4.78, 5) is 4.70. The van der Waals surface area contributed by atoms with E-state index >= 15 is 0 Å². The number of fused-ring (bicyclic) bond motifs is 1. The lowest BCUT2D eigenvalue weighted by atomic mass is 10.2. The fourth-order valence-corrected chi connectivity index (χ4v) is 2.86. The van der Waals surface area contributed by atoms with Crippen LogP contribution in [0.25, 0.3) is 5.65 Å². The number of hydrogen-bond donors (Lipinski definition) is 2. The summed E-state index contributed by atoms with van der Waals surface area (Å²) in [6.07, 6.45) is 4.43. The van der Waals surface area contributed by atoms with E-state index in [1.54, 1.807) is 6.26 Å². The van der Waals surface area contributed by atoms with Gasteiger partial charge in [0.1, 0.15) is 5.76 Å². The van der Waals surface area contributed by atoms with E-state index in [2.05, 4.69) is 33.0 Å². The normalized spacial score (nSPS) is 11.2. The van der Waals surface area contributed by atoms with Crippen LogP contribution in [0.2, 0.25) is 0 Å². The summed E-state index contributed by atoms with van der Waals surface area (Å²) in [5.41, 5.74) is 1.98. The Bertz CT molecular complexity index is 1030. The van der Waals surface area contributed by atoms with Gasteiger partial charge < -0.3 is 15.1 Å². The summed E-state index contributed by atoms with van der Waals surface area (Å²) in [5.74, 6) is 2.50. The minimum Gasteiger partial charge on any atom is -0.469 e. The number of guanidine groups is 1. The molecule has 4 aromatic rings. The Kier molecular flexibility index (Phi) is 7.62. The van der Waals surface area contributed by atoms with Crippen LogP contribution in [-0.2, 0) is 19.5 Å². The van der Waals surface area contributed by atoms with E-state index in [0.717, 1.165) is 35.2 Å². The molecule has 2 N–H and O–H groups in total. The highest BCUT2D eigenvalue weighted by atomic mass is 127. The van der Waals surface area contributed by atoms with Gasteiger partial charge in [0.05, 0.1) is 19.4 Å². The van der Waals surface area contributed by atoms with Crippen molar-refractivity contribution in [2.45, 2.75) is 19.5 Å². The molecule has 8 heteroatoms. The molecular weight excluding hydrogens is 479 g/mol. The maximum Gasteiger partial charge on any atom is 0.191 e. The molecule has 1 aromatic carbocycles. The minimum atomic E-state index is 0. The third kappa shape index (κ3) is 5.80. The molecule has 0 unspecified atom stereocenters. The zero-order chi connectivity index (χ0) is 19.0. The third-order valence-electron chi connectivity index (χ3n) is 4.30.